The number of halogens is 2. The highest BCUT2D eigenvalue weighted by molar-refractivity contribution is 6.30. The Morgan fingerprint density at radius 2 is 1.68 bits per heavy atom. The minimum Gasteiger partial charge on any atom is -0.466 e. The minimum absolute atomic E-state index is 0.393. The third kappa shape index (κ3) is 6.26. The molecule has 5 aromatic rings. The number of aromatic nitrogens is 7. The lowest BCUT2D eigenvalue weighted by atomic mass is 9.85. The van der Waals surface area contributed by atoms with E-state index in [1.54, 1.807) is 23.1 Å². The van der Waals surface area contributed by atoms with Crippen molar-refractivity contribution in [3.8, 4) is 5.75 Å². The molecule has 0 fully saturated rings. The van der Waals surface area contributed by atoms with Gasteiger partial charge in [-0.25, -0.2) is 14.3 Å². The van der Waals surface area contributed by atoms with Gasteiger partial charge in [-0.05, 0) is 76.9 Å². The Labute approximate surface area is 243 Å². The zero-order chi connectivity index (χ0) is 28.3. The van der Waals surface area contributed by atoms with Gasteiger partial charge >= 0.3 is 0 Å². The summed E-state index contributed by atoms with van der Waals surface area (Å²) in [4.78, 5) is 4.19. The number of nitrogens with one attached hydrogen (secondary N) is 1. The first-order chi connectivity index (χ1) is 19.2. The van der Waals surface area contributed by atoms with Crippen LogP contribution in [-0.2, 0) is 0 Å². The van der Waals surface area contributed by atoms with E-state index in [9.17, 15) is 0 Å². The van der Waals surface area contributed by atoms with Gasteiger partial charge in [0.15, 0.2) is 5.82 Å². The lowest BCUT2D eigenvalue weighted by molar-refractivity contribution is -0.000433. The monoisotopic (exact) mass is 576 g/mol. The van der Waals surface area contributed by atoms with Crippen molar-refractivity contribution >= 4 is 28.9 Å². The van der Waals surface area contributed by atoms with Gasteiger partial charge in [0, 0.05) is 15.7 Å². The molecule has 5 rings (SSSR count). The van der Waals surface area contributed by atoms with E-state index >= 15 is 0 Å². The first-order valence-electron chi connectivity index (χ1n) is 12.8. The number of tetrazole rings is 1. The van der Waals surface area contributed by atoms with Crippen LogP contribution in [0.2, 0.25) is 10.0 Å². The van der Waals surface area contributed by atoms with Gasteiger partial charge in [0.25, 0.3) is 0 Å². The third-order valence-corrected chi connectivity index (χ3v) is 7.00. The average molecular weight is 578 g/mol. The van der Waals surface area contributed by atoms with Gasteiger partial charge in [0.1, 0.15) is 30.5 Å². The van der Waals surface area contributed by atoms with Gasteiger partial charge in [0.05, 0.1) is 0 Å². The van der Waals surface area contributed by atoms with Crippen molar-refractivity contribution in [2.24, 2.45) is 5.41 Å². The minimum atomic E-state index is -0.648. The normalized spacial score (nSPS) is 13.9. The molecular formula is C29H30Cl2N8O. The molecule has 2 aromatic heterocycles. The van der Waals surface area contributed by atoms with Crippen LogP contribution >= 0.6 is 23.2 Å². The molecule has 40 heavy (non-hydrogen) atoms. The highest BCUT2D eigenvalue weighted by Gasteiger charge is 2.41. The molecule has 0 bridgehead atoms. The fraction of sp³-hybridized carbons (Fsp3) is 0.276. The van der Waals surface area contributed by atoms with Gasteiger partial charge < -0.3 is 10.1 Å². The van der Waals surface area contributed by atoms with E-state index in [-0.39, 0.29) is 0 Å². The van der Waals surface area contributed by atoms with E-state index in [1.165, 1.54) is 6.33 Å². The van der Waals surface area contributed by atoms with Crippen LogP contribution in [0.5, 0.6) is 5.75 Å². The van der Waals surface area contributed by atoms with Crippen molar-refractivity contribution in [2.45, 2.75) is 46.0 Å². The Hall–Kier alpha value is -3.95. The number of hydrogen-bond acceptors (Lipinski definition) is 7. The van der Waals surface area contributed by atoms with E-state index in [0.717, 1.165) is 16.8 Å². The number of nitrogens with zero attached hydrogens (tertiary/aromatic N) is 7. The Morgan fingerprint density at radius 1 is 0.925 bits per heavy atom. The summed E-state index contributed by atoms with van der Waals surface area (Å²) in [5.41, 5.74) is 2.60. The Kier molecular flexibility index (Phi) is 8.04. The van der Waals surface area contributed by atoms with Crippen LogP contribution in [-0.4, -0.2) is 35.0 Å². The van der Waals surface area contributed by atoms with Crippen LogP contribution in [0, 0.1) is 12.3 Å². The van der Waals surface area contributed by atoms with Crippen LogP contribution < -0.4 is 10.1 Å². The van der Waals surface area contributed by atoms with Crippen molar-refractivity contribution in [2.75, 3.05) is 5.32 Å². The largest absolute Gasteiger partial charge is 0.466 e. The summed E-state index contributed by atoms with van der Waals surface area (Å²) in [5.74, 6) is 1.21. The standard InChI is InChI=1S/C29H30Cl2N8O/c1-19-8-12-23(13-9-19)34-25(20-6-5-7-22(31)16-20)27-35-36-37-39(27)26(29(2,3)4)28(38-18-32-17-33-38)40-24-14-10-21(30)11-15-24/h5-18,25-26,28,34H,1-4H3/t25-,26-,28+/m1/s1. The van der Waals surface area contributed by atoms with Crippen molar-refractivity contribution in [1.29, 1.82) is 0 Å². The fourth-order valence-corrected chi connectivity index (χ4v) is 4.89. The fourth-order valence-electron chi connectivity index (χ4n) is 4.57. The molecule has 9 nitrogen and oxygen atoms in total. The predicted octanol–water partition coefficient (Wildman–Crippen LogP) is 6.95. The molecule has 0 aliphatic heterocycles. The van der Waals surface area contributed by atoms with Crippen LogP contribution in [0.3, 0.4) is 0 Å². The van der Waals surface area contributed by atoms with Crippen LogP contribution in [0.15, 0.2) is 85.5 Å². The Bertz CT molecular complexity index is 1530. The van der Waals surface area contributed by atoms with Crippen LogP contribution in [0.1, 0.15) is 56.0 Å². The second-order valence-corrected chi connectivity index (χ2v) is 11.5. The summed E-state index contributed by atoms with van der Waals surface area (Å²) in [6, 6.07) is 22.2. The maximum Gasteiger partial charge on any atom is 0.215 e. The number of hydrogen-bond donors (Lipinski definition) is 1. The number of aryl methyl sites for hydroxylation is 1. The number of anilines is 1. The lowest BCUT2D eigenvalue weighted by Crippen LogP contribution is -2.38. The molecule has 206 valence electrons. The molecule has 0 unspecified atom stereocenters. The van der Waals surface area contributed by atoms with Gasteiger partial charge in [-0.2, -0.15) is 5.10 Å². The zero-order valence-corrected chi connectivity index (χ0v) is 24.1. The summed E-state index contributed by atoms with van der Waals surface area (Å²) in [6.07, 6.45) is 2.46. The predicted molar refractivity (Wildman–Crippen MR) is 156 cm³/mol. The van der Waals surface area contributed by atoms with Gasteiger partial charge in [-0.3, -0.25) is 0 Å². The number of rotatable bonds is 9. The van der Waals surface area contributed by atoms with Crippen LogP contribution in [0.4, 0.5) is 5.69 Å². The smallest absolute Gasteiger partial charge is 0.215 e. The molecule has 0 saturated heterocycles. The number of ether oxygens (including phenoxy) is 1. The first kappa shape index (κ1) is 27.6. The molecule has 0 amide bonds. The Balaban J connectivity index is 1.63. The number of benzene rings is 3. The molecule has 1 N–H and O–H groups in total. The quantitative estimate of drug-likeness (QED) is 0.203. The molecule has 11 heteroatoms. The molecule has 0 radical (unpaired) electrons. The van der Waals surface area contributed by atoms with E-state index in [1.807, 2.05) is 53.2 Å². The molecular weight excluding hydrogens is 547 g/mol. The SMILES string of the molecule is Cc1ccc(N[C@H](c2cccc(Cl)c2)c2nnnn2[C@H]([C@H](Oc2ccc(Cl)cc2)n2cncn2)C(C)(C)C)cc1. The van der Waals surface area contributed by atoms with Crippen molar-refractivity contribution in [1.82, 2.24) is 35.0 Å². The Morgan fingerprint density at radius 3 is 2.33 bits per heavy atom. The van der Waals surface area contributed by atoms with E-state index in [4.69, 9.17) is 27.9 Å². The first-order valence-corrected chi connectivity index (χ1v) is 13.6. The summed E-state index contributed by atoms with van der Waals surface area (Å²) in [5, 5.41) is 22.5. The van der Waals surface area contributed by atoms with Crippen molar-refractivity contribution < 1.29 is 4.74 Å². The van der Waals surface area contributed by atoms with Crippen molar-refractivity contribution in [3.63, 3.8) is 0 Å². The molecule has 0 aliphatic carbocycles. The molecule has 0 aliphatic rings. The summed E-state index contributed by atoms with van der Waals surface area (Å²) >= 11 is 12.6. The zero-order valence-electron chi connectivity index (χ0n) is 22.6. The molecule has 3 aromatic carbocycles. The summed E-state index contributed by atoms with van der Waals surface area (Å²) in [6.45, 7) is 8.39. The summed E-state index contributed by atoms with van der Waals surface area (Å²) in [7, 11) is 0. The van der Waals surface area contributed by atoms with E-state index in [2.05, 4.69) is 70.8 Å². The second-order valence-electron chi connectivity index (χ2n) is 10.6. The van der Waals surface area contributed by atoms with E-state index < -0.39 is 23.7 Å². The lowest BCUT2D eigenvalue weighted by Gasteiger charge is -2.37. The maximum atomic E-state index is 6.56. The average Bonchev–Trinajstić information content (AvgIpc) is 3.61. The van der Waals surface area contributed by atoms with Crippen LogP contribution in [0.25, 0.3) is 0 Å². The van der Waals surface area contributed by atoms with Crippen molar-refractivity contribution in [3.05, 3.63) is 112 Å². The highest BCUT2D eigenvalue weighted by Crippen LogP contribution is 2.42. The molecule has 0 spiro atoms. The highest BCUT2D eigenvalue weighted by atomic mass is 35.5. The molecule has 2 heterocycles. The van der Waals surface area contributed by atoms with Gasteiger partial charge in [-0.1, -0.05) is 73.8 Å². The second kappa shape index (κ2) is 11.7. The van der Waals surface area contributed by atoms with E-state index in [0.29, 0.717) is 21.6 Å². The third-order valence-electron chi connectivity index (χ3n) is 6.51. The van der Waals surface area contributed by atoms with Gasteiger partial charge in [-0.15, -0.1) is 5.10 Å². The molecule has 3 atom stereocenters. The topological polar surface area (TPSA) is 95.6 Å². The maximum absolute atomic E-state index is 6.56. The summed E-state index contributed by atoms with van der Waals surface area (Å²) < 4.78 is 10.1. The van der Waals surface area contributed by atoms with Gasteiger partial charge in [0.2, 0.25) is 6.23 Å². The molecule has 0 saturated carbocycles.